The van der Waals surface area contributed by atoms with Gasteiger partial charge < -0.3 is 35.0 Å². The van der Waals surface area contributed by atoms with Crippen molar-refractivity contribution < 1.29 is 44.6 Å². The summed E-state index contributed by atoms with van der Waals surface area (Å²) in [4.78, 5) is 23.6. The van der Waals surface area contributed by atoms with Gasteiger partial charge in [-0.3, -0.25) is 0 Å². The molecule has 0 heterocycles. The molecule has 0 radical (unpaired) electrons. The molecule has 26 heavy (non-hydrogen) atoms. The lowest BCUT2D eigenvalue weighted by molar-refractivity contribution is -0.198. The molecule has 0 aromatic heterocycles. The molecule has 1 fully saturated rings. The molecule has 1 aliphatic rings. The number of phenols is 2. The van der Waals surface area contributed by atoms with Crippen molar-refractivity contribution in [3.63, 3.8) is 0 Å². The average Bonchev–Trinajstić information content (AvgIpc) is 2.59. The average molecular weight is 368 g/mol. The Morgan fingerprint density at radius 2 is 1.88 bits per heavy atom. The molecule has 1 aliphatic carbocycles. The highest BCUT2D eigenvalue weighted by molar-refractivity contribution is 5.87. The van der Waals surface area contributed by atoms with E-state index < -0.39 is 48.7 Å². The number of esters is 2. The van der Waals surface area contributed by atoms with E-state index in [0.717, 1.165) is 13.2 Å². The van der Waals surface area contributed by atoms with Gasteiger partial charge in [0, 0.05) is 18.9 Å². The van der Waals surface area contributed by atoms with Gasteiger partial charge in [-0.1, -0.05) is 6.07 Å². The highest BCUT2D eigenvalue weighted by Crippen LogP contribution is 2.32. The van der Waals surface area contributed by atoms with Gasteiger partial charge in [-0.25, -0.2) is 9.59 Å². The van der Waals surface area contributed by atoms with Gasteiger partial charge in [0.1, 0.15) is 12.2 Å². The van der Waals surface area contributed by atoms with E-state index in [9.17, 15) is 35.1 Å². The molecule has 0 saturated heterocycles. The van der Waals surface area contributed by atoms with E-state index in [1.807, 2.05) is 0 Å². The molecule has 9 nitrogen and oxygen atoms in total. The van der Waals surface area contributed by atoms with Crippen LogP contribution in [-0.2, 0) is 19.1 Å². The molecular formula is C17H20O9. The van der Waals surface area contributed by atoms with Crippen LogP contribution in [0.3, 0.4) is 0 Å². The summed E-state index contributed by atoms with van der Waals surface area (Å²) in [5.41, 5.74) is -1.68. The molecular weight excluding hydrogens is 348 g/mol. The third kappa shape index (κ3) is 4.31. The van der Waals surface area contributed by atoms with Crippen molar-refractivity contribution in [1.82, 2.24) is 0 Å². The summed E-state index contributed by atoms with van der Waals surface area (Å²) in [6, 6.07) is 3.89. The second-order valence-electron chi connectivity index (χ2n) is 6.05. The van der Waals surface area contributed by atoms with Gasteiger partial charge in [0.15, 0.2) is 17.1 Å². The summed E-state index contributed by atoms with van der Waals surface area (Å²) in [6.45, 7) is 0. The smallest absolute Gasteiger partial charge is 0.338 e. The second kappa shape index (κ2) is 7.73. The molecule has 0 amide bonds. The monoisotopic (exact) mass is 368 g/mol. The highest BCUT2D eigenvalue weighted by Gasteiger charge is 2.50. The Kier molecular flexibility index (Phi) is 5.86. The first kappa shape index (κ1) is 19.7. The van der Waals surface area contributed by atoms with Crippen molar-refractivity contribution in [2.45, 2.75) is 36.8 Å². The van der Waals surface area contributed by atoms with Gasteiger partial charge in [-0.15, -0.1) is 0 Å². The maximum absolute atomic E-state index is 11.9. The summed E-state index contributed by atoms with van der Waals surface area (Å²) >= 11 is 0. The Morgan fingerprint density at radius 1 is 1.19 bits per heavy atom. The standard InChI is InChI=1S/C17H20O9/c1-25-16(23)17(24)7-12(20)15(22)13(8-17)26-14(21)5-3-9-2-4-10(18)11(19)6-9/h2-6,12-13,15,18-20,22,24H,7-8H2,1H3. The molecule has 1 saturated carbocycles. The molecule has 4 unspecified atom stereocenters. The fourth-order valence-electron chi connectivity index (χ4n) is 2.72. The summed E-state index contributed by atoms with van der Waals surface area (Å²) in [6.07, 6.45) is -2.88. The number of benzene rings is 1. The second-order valence-corrected chi connectivity index (χ2v) is 6.05. The van der Waals surface area contributed by atoms with E-state index in [-0.39, 0.29) is 11.5 Å². The summed E-state index contributed by atoms with van der Waals surface area (Å²) in [5, 5.41) is 48.7. The number of rotatable bonds is 4. The topological polar surface area (TPSA) is 154 Å². The number of carbonyl (C=O) groups is 2. The van der Waals surface area contributed by atoms with Crippen molar-refractivity contribution in [2.75, 3.05) is 7.11 Å². The Morgan fingerprint density at radius 3 is 2.50 bits per heavy atom. The van der Waals surface area contributed by atoms with E-state index in [4.69, 9.17) is 4.74 Å². The van der Waals surface area contributed by atoms with Crippen molar-refractivity contribution in [2.24, 2.45) is 0 Å². The maximum Gasteiger partial charge on any atom is 0.338 e. The molecule has 5 N–H and O–H groups in total. The first-order valence-electron chi connectivity index (χ1n) is 7.74. The zero-order chi connectivity index (χ0) is 19.5. The van der Waals surface area contributed by atoms with Crippen molar-refractivity contribution in [1.29, 1.82) is 0 Å². The predicted octanol–water partition coefficient (Wildman–Crippen LogP) is -0.558. The molecule has 1 aromatic rings. The predicted molar refractivity (Wildman–Crippen MR) is 86.9 cm³/mol. The summed E-state index contributed by atoms with van der Waals surface area (Å²) in [7, 11) is 1.06. The molecule has 4 atom stereocenters. The fraction of sp³-hybridized carbons (Fsp3) is 0.412. The third-order valence-electron chi connectivity index (χ3n) is 4.11. The van der Waals surface area contributed by atoms with Crippen LogP contribution < -0.4 is 0 Å². The molecule has 0 aliphatic heterocycles. The van der Waals surface area contributed by atoms with Crippen LogP contribution in [0.15, 0.2) is 24.3 Å². The highest BCUT2D eigenvalue weighted by atomic mass is 16.6. The number of aromatic hydroxyl groups is 2. The van der Waals surface area contributed by atoms with Crippen LogP contribution in [-0.4, -0.2) is 68.5 Å². The van der Waals surface area contributed by atoms with Crippen LogP contribution in [0, 0.1) is 0 Å². The Bertz CT molecular complexity index is 714. The van der Waals surface area contributed by atoms with E-state index in [0.29, 0.717) is 5.56 Å². The third-order valence-corrected chi connectivity index (χ3v) is 4.11. The molecule has 0 spiro atoms. The summed E-state index contributed by atoms with van der Waals surface area (Å²) < 4.78 is 9.50. The van der Waals surface area contributed by atoms with E-state index in [1.54, 1.807) is 0 Å². The van der Waals surface area contributed by atoms with E-state index >= 15 is 0 Å². The Labute approximate surface area is 148 Å². The van der Waals surface area contributed by atoms with E-state index in [2.05, 4.69) is 4.74 Å². The Hall–Kier alpha value is -2.62. The molecule has 142 valence electrons. The molecule has 9 heteroatoms. The number of carbonyl (C=O) groups excluding carboxylic acids is 2. The molecule has 0 bridgehead atoms. The zero-order valence-electron chi connectivity index (χ0n) is 13.9. The Balaban J connectivity index is 2.07. The van der Waals surface area contributed by atoms with Gasteiger partial charge >= 0.3 is 11.9 Å². The lowest BCUT2D eigenvalue weighted by atomic mass is 9.79. The number of hydrogen-bond donors (Lipinski definition) is 5. The number of aliphatic hydroxyl groups is 3. The van der Waals surface area contributed by atoms with Crippen LogP contribution in [0.1, 0.15) is 18.4 Å². The lowest BCUT2D eigenvalue weighted by Gasteiger charge is -2.39. The van der Waals surface area contributed by atoms with Crippen LogP contribution in [0.4, 0.5) is 0 Å². The van der Waals surface area contributed by atoms with Gasteiger partial charge in [0.25, 0.3) is 0 Å². The lowest BCUT2D eigenvalue weighted by Crippen LogP contribution is -2.57. The molecule has 1 aromatic carbocycles. The van der Waals surface area contributed by atoms with Crippen LogP contribution in [0.25, 0.3) is 6.08 Å². The first-order valence-corrected chi connectivity index (χ1v) is 7.74. The van der Waals surface area contributed by atoms with Crippen molar-refractivity contribution in [3.05, 3.63) is 29.8 Å². The minimum Gasteiger partial charge on any atom is -0.504 e. The van der Waals surface area contributed by atoms with Gasteiger partial charge in [0.05, 0.1) is 13.2 Å². The maximum atomic E-state index is 11.9. The molecule has 2 rings (SSSR count). The normalized spacial score (nSPS) is 28.7. The first-order chi connectivity index (χ1) is 12.2. The van der Waals surface area contributed by atoms with Crippen LogP contribution in [0.2, 0.25) is 0 Å². The largest absolute Gasteiger partial charge is 0.504 e. The van der Waals surface area contributed by atoms with E-state index in [1.165, 1.54) is 24.3 Å². The van der Waals surface area contributed by atoms with Crippen LogP contribution in [0.5, 0.6) is 11.5 Å². The zero-order valence-corrected chi connectivity index (χ0v) is 13.9. The minimum atomic E-state index is -2.08. The fourth-order valence-corrected chi connectivity index (χ4v) is 2.72. The van der Waals surface area contributed by atoms with Crippen molar-refractivity contribution in [3.8, 4) is 11.5 Å². The number of aliphatic hydroxyl groups excluding tert-OH is 2. The van der Waals surface area contributed by atoms with Crippen LogP contribution >= 0.6 is 0 Å². The minimum absolute atomic E-state index is 0.314. The number of ether oxygens (including phenoxy) is 2. The number of phenolic OH excluding ortho intramolecular Hbond substituents is 2. The van der Waals surface area contributed by atoms with Gasteiger partial charge in [-0.05, 0) is 23.8 Å². The SMILES string of the molecule is COC(=O)C1(O)CC(O)C(O)C(OC(=O)C=Cc2ccc(O)c(O)c2)C1. The van der Waals surface area contributed by atoms with Gasteiger partial charge in [-0.2, -0.15) is 0 Å². The quantitative estimate of drug-likeness (QED) is 0.267. The van der Waals surface area contributed by atoms with Crippen molar-refractivity contribution >= 4 is 18.0 Å². The van der Waals surface area contributed by atoms with Gasteiger partial charge in [0.2, 0.25) is 0 Å². The number of hydrogen-bond acceptors (Lipinski definition) is 9. The number of methoxy groups -OCH3 is 1. The summed E-state index contributed by atoms with van der Waals surface area (Å²) in [5.74, 6) is -2.58.